The molecule has 22 valence electrons. The van der Waals surface area contributed by atoms with Gasteiger partial charge in [-0.3, -0.25) is 0 Å². The van der Waals surface area contributed by atoms with E-state index in [0.29, 0.717) is 0 Å². The number of rotatable bonds is 1. The summed E-state index contributed by atoms with van der Waals surface area (Å²) in [7, 11) is 0. The molecule has 0 heterocycles. The van der Waals surface area contributed by atoms with Gasteiger partial charge in [-0.15, -0.1) is 0 Å². The summed E-state index contributed by atoms with van der Waals surface area (Å²) in [6.07, 6.45) is 1.23. The van der Waals surface area contributed by atoms with Crippen LogP contribution in [0.2, 0.25) is 0 Å². The van der Waals surface area contributed by atoms with Crippen molar-refractivity contribution in [2.24, 2.45) is 0 Å². The molecule has 0 spiro atoms. The molecule has 0 aliphatic carbocycles. The van der Waals surface area contributed by atoms with Gasteiger partial charge < -0.3 is 0 Å². The second kappa shape index (κ2) is 3.67. The van der Waals surface area contributed by atoms with Crippen molar-refractivity contribution in [1.29, 1.82) is 0 Å². The molecule has 0 nitrogen and oxygen atoms in total. The SMILES string of the molecule is CC[CH]=[Sn]. The van der Waals surface area contributed by atoms with Gasteiger partial charge in [0.15, 0.2) is 0 Å². The minimum absolute atomic E-state index is 1.23. The van der Waals surface area contributed by atoms with Gasteiger partial charge in [0.1, 0.15) is 0 Å². The molecule has 0 aromatic carbocycles. The van der Waals surface area contributed by atoms with Crippen LogP contribution in [0, 0.1) is 0 Å². The van der Waals surface area contributed by atoms with Gasteiger partial charge >= 0.3 is 39.4 Å². The Morgan fingerprint density at radius 3 is 2.25 bits per heavy atom. The molecule has 0 amide bonds. The maximum atomic E-state index is 2.22. The third kappa shape index (κ3) is 2.67. The molecule has 0 saturated carbocycles. The van der Waals surface area contributed by atoms with Gasteiger partial charge in [-0.1, -0.05) is 0 Å². The second-order valence-electron chi connectivity index (χ2n) is 0.612. The van der Waals surface area contributed by atoms with Crippen molar-refractivity contribution in [3.8, 4) is 0 Å². The summed E-state index contributed by atoms with van der Waals surface area (Å²) in [5.41, 5.74) is 0. The predicted molar refractivity (Wildman–Crippen MR) is 22.1 cm³/mol. The fourth-order valence-corrected chi connectivity index (χ4v) is 0. The number of hydrogen-bond donors (Lipinski definition) is 0. The average molecular weight is 161 g/mol. The number of hydrogen-bond acceptors (Lipinski definition) is 0. The van der Waals surface area contributed by atoms with Gasteiger partial charge in [0, 0.05) is 0 Å². The van der Waals surface area contributed by atoms with E-state index < -0.39 is 0 Å². The monoisotopic (exact) mass is 162 g/mol. The second-order valence-corrected chi connectivity index (χ2v) is 1.78. The van der Waals surface area contributed by atoms with Crippen LogP contribution >= 0.6 is 0 Å². The Balaban J connectivity index is 2.30. The molecule has 0 aromatic rings. The van der Waals surface area contributed by atoms with E-state index in [9.17, 15) is 0 Å². The zero-order chi connectivity index (χ0) is 3.41. The Bertz CT molecular complexity index is 17.2. The van der Waals surface area contributed by atoms with Crippen molar-refractivity contribution in [3.63, 3.8) is 0 Å². The Morgan fingerprint density at radius 1 is 2.00 bits per heavy atom. The predicted octanol–water partition coefficient (Wildman–Crippen LogP) is 0.367. The van der Waals surface area contributed by atoms with E-state index >= 15 is 0 Å². The Hall–Kier alpha value is 0.669. The summed E-state index contributed by atoms with van der Waals surface area (Å²) < 4.78 is 2.22. The maximum absolute atomic E-state index is 2.22. The van der Waals surface area contributed by atoms with E-state index in [1.807, 2.05) is 0 Å². The first-order valence-electron chi connectivity index (χ1n) is 1.40. The van der Waals surface area contributed by atoms with Gasteiger partial charge in [-0.2, -0.15) is 0 Å². The average Bonchev–Trinajstić information content (AvgIpc) is 1.37. The fraction of sp³-hybridized carbons (Fsp3) is 0.667. The van der Waals surface area contributed by atoms with Crippen LogP contribution in [0.1, 0.15) is 13.3 Å². The van der Waals surface area contributed by atoms with Crippen LogP contribution < -0.4 is 0 Å². The molecule has 4 heavy (non-hydrogen) atoms. The topological polar surface area (TPSA) is 0 Å². The summed E-state index contributed by atoms with van der Waals surface area (Å²) in [5.74, 6) is 0. The van der Waals surface area contributed by atoms with Gasteiger partial charge in [0.05, 0.1) is 0 Å². The molecule has 2 radical (unpaired) electrons. The van der Waals surface area contributed by atoms with E-state index in [4.69, 9.17) is 0 Å². The van der Waals surface area contributed by atoms with E-state index in [2.05, 4.69) is 10.9 Å². The molecule has 0 rings (SSSR count). The molecule has 0 fully saturated rings. The Labute approximate surface area is 39.8 Å². The van der Waals surface area contributed by atoms with Gasteiger partial charge in [0.25, 0.3) is 0 Å². The zero-order valence-corrected chi connectivity index (χ0v) is 5.64. The van der Waals surface area contributed by atoms with Crippen LogP contribution in [-0.2, 0) is 0 Å². The standard InChI is InChI=1S/C3H6.Sn/c1-3-2;/h1H,3H2,2H3;. The minimum atomic E-state index is 1.23. The molecule has 0 aromatic heterocycles. The molecule has 0 saturated heterocycles. The van der Waals surface area contributed by atoms with Gasteiger partial charge in [-0.25, -0.2) is 0 Å². The molecule has 0 N–H and O–H groups in total. The van der Waals surface area contributed by atoms with Crippen molar-refractivity contribution in [3.05, 3.63) is 0 Å². The van der Waals surface area contributed by atoms with Gasteiger partial charge in [-0.05, 0) is 0 Å². The molecule has 0 bridgehead atoms. The quantitative estimate of drug-likeness (QED) is 0.487. The van der Waals surface area contributed by atoms with E-state index in [1.54, 1.807) is 22.1 Å². The first-order valence-corrected chi connectivity index (χ1v) is 3.05. The van der Waals surface area contributed by atoms with E-state index in [0.717, 1.165) is 0 Å². The summed E-state index contributed by atoms with van der Waals surface area (Å²) in [6.45, 7) is 2.15. The van der Waals surface area contributed by atoms with Crippen LogP contribution in [0.3, 0.4) is 0 Å². The third-order valence-corrected chi connectivity index (χ3v) is 1.37. The summed E-state index contributed by atoms with van der Waals surface area (Å²) in [6, 6.07) is 0. The van der Waals surface area contributed by atoms with Crippen LogP contribution in [0.5, 0.6) is 0 Å². The van der Waals surface area contributed by atoms with Crippen molar-refractivity contribution in [2.75, 3.05) is 0 Å². The zero-order valence-electron chi connectivity index (χ0n) is 2.78. The van der Waals surface area contributed by atoms with Crippen molar-refractivity contribution in [1.82, 2.24) is 0 Å². The van der Waals surface area contributed by atoms with Crippen molar-refractivity contribution >= 4 is 26.1 Å². The molecule has 1 heteroatoms. The summed E-state index contributed by atoms with van der Waals surface area (Å²) in [5, 5.41) is 0. The van der Waals surface area contributed by atoms with E-state index in [-0.39, 0.29) is 0 Å². The van der Waals surface area contributed by atoms with Crippen LogP contribution in [0.25, 0.3) is 0 Å². The molecule has 0 atom stereocenters. The molecule has 0 aliphatic rings. The first kappa shape index (κ1) is 4.67. The Morgan fingerprint density at radius 2 is 2.25 bits per heavy atom. The van der Waals surface area contributed by atoms with Crippen molar-refractivity contribution in [2.45, 2.75) is 13.3 Å². The first-order chi connectivity index (χ1) is 1.91. The molecule has 0 aliphatic heterocycles. The Kier molecular flexibility index (Phi) is 4.28. The molecular formula is C3H6Sn. The van der Waals surface area contributed by atoms with Gasteiger partial charge in [0.2, 0.25) is 0 Å². The van der Waals surface area contributed by atoms with Crippen LogP contribution in [0.15, 0.2) is 0 Å². The molecule has 0 unspecified atom stereocenters. The van der Waals surface area contributed by atoms with Crippen LogP contribution in [-0.4, -0.2) is 26.1 Å². The van der Waals surface area contributed by atoms with E-state index in [1.165, 1.54) is 6.42 Å². The normalized spacial score (nSPS) is 6.25. The summed E-state index contributed by atoms with van der Waals surface area (Å²) in [4.78, 5) is 0. The van der Waals surface area contributed by atoms with Crippen LogP contribution in [0.4, 0.5) is 0 Å². The summed E-state index contributed by atoms with van der Waals surface area (Å²) >= 11 is 1.54. The van der Waals surface area contributed by atoms with Crippen molar-refractivity contribution < 1.29 is 0 Å². The third-order valence-electron chi connectivity index (χ3n) is 0.204. The molecular weight excluding hydrogens is 155 g/mol. The fourth-order valence-electron chi connectivity index (χ4n) is 0.